The topological polar surface area (TPSA) is 57.0 Å². The Kier molecular flexibility index (Phi) is 4.05. The molecule has 0 spiro atoms. The third-order valence-electron chi connectivity index (χ3n) is 3.54. The molecular formula is C15H16BrN3O2. The molecule has 1 aromatic heterocycles. The van der Waals surface area contributed by atoms with Crippen molar-refractivity contribution in [2.75, 3.05) is 6.61 Å². The van der Waals surface area contributed by atoms with Crippen molar-refractivity contribution in [2.24, 2.45) is 0 Å². The lowest BCUT2D eigenvalue weighted by atomic mass is 9.98. The Labute approximate surface area is 131 Å². The second-order valence-electron chi connectivity index (χ2n) is 5.03. The minimum absolute atomic E-state index is 0.292. The van der Waals surface area contributed by atoms with Gasteiger partial charge in [0.25, 0.3) is 0 Å². The fraction of sp³-hybridized carbons (Fsp3) is 0.400. The molecular weight excluding hydrogens is 334 g/mol. The summed E-state index contributed by atoms with van der Waals surface area (Å²) in [5.41, 5.74) is 0.853. The maximum atomic E-state index is 12.5. The molecule has 1 saturated carbocycles. The van der Waals surface area contributed by atoms with Gasteiger partial charge in [0, 0.05) is 10.5 Å². The lowest BCUT2D eigenvalue weighted by molar-refractivity contribution is -0.144. The Morgan fingerprint density at radius 3 is 2.90 bits per heavy atom. The van der Waals surface area contributed by atoms with Crippen LogP contribution in [0.3, 0.4) is 0 Å². The van der Waals surface area contributed by atoms with Gasteiger partial charge in [-0.2, -0.15) is 0 Å². The van der Waals surface area contributed by atoms with Crippen LogP contribution in [0.5, 0.6) is 0 Å². The van der Waals surface area contributed by atoms with Crippen LogP contribution in [-0.2, 0) is 9.53 Å². The van der Waals surface area contributed by atoms with Gasteiger partial charge in [0.1, 0.15) is 12.2 Å². The van der Waals surface area contributed by atoms with Crippen LogP contribution in [0.15, 0.2) is 35.1 Å². The van der Waals surface area contributed by atoms with Crippen LogP contribution in [-0.4, -0.2) is 27.3 Å². The quantitative estimate of drug-likeness (QED) is 0.778. The predicted molar refractivity (Wildman–Crippen MR) is 80.9 cm³/mol. The van der Waals surface area contributed by atoms with Gasteiger partial charge in [-0.05, 0) is 31.4 Å². The van der Waals surface area contributed by atoms with Crippen LogP contribution in [0.25, 0.3) is 0 Å². The zero-order valence-corrected chi connectivity index (χ0v) is 13.3. The highest BCUT2D eigenvalue weighted by Gasteiger charge is 2.35. The van der Waals surface area contributed by atoms with Crippen molar-refractivity contribution in [2.45, 2.75) is 31.7 Å². The highest BCUT2D eigenvalue weighted by Crippen LogP contribution is 2.39. The Morgan fingerprint density at radius 1 is 1.48 bits per heavy atom. The number of carbonyl (C=O) groups is 1. The van der Waals surface area contributed by atoms with Gasteiger partial charge >= 0.3 is 5.97 Å². The molecule has 0 bridgehead atoms. The SMILES string of the molecule is CCOC(=O)C(c1ccccc1Br)c1nncn1C1CC1. The second kappa shape index (κ2) is 5.97. The normalized spacial score (nSPS) is 15.7. The molecule has 1 unspecified atom stereocenters. The molecule has 0 aliphatic heterocycles. The maximum Gasteiger partial charge on any atom is 0.321 e. The number of halogens is 1. The Hall–Kier alpha value is -1.69. The van der Waals surface area contributed by atoms with Crippen molar-refractivity contribution in [1.29, 1.82) is 0 Å². The summed E-state index contributed by atoms with van der Waals surface area (Å²) in [4.78, 5) is 12.5. The largest absolute Gasteiger partial charge is 0.465 e. The van der Waals surface area contributed by atoms with Crippen LogP contribution in [0.4, 0.5) is 0 Å². The van der Waals surface area contributed by atoms with Crippen LogP contribution in [0, 0.1) is 0 Å². The minimum atomic E-state index is -0.552. The molecule has 3 rings (SSSR count). The smallest absolute Gasteiger partial charge is 0.321 e. The molecule has 0 radical (unpaired) electrons. The molecule has 0 amide bonds. The summed E-state index contributed by atoms with van der Waals surface area (Å²) in [5, 5.41) is 8.18. The lowest BCUT2D eigenvalue weighted by Crippen LogP contribution is -2.21. The standard InChI is InChI=1S/C15H16BrN3O2/c1-2-21-15(20)13(11-5-3-4-6-12(11)16)14-18-17-9-19(14)10-7-8-10/h3-6,9-10,13H,2,7-8H2,1H3. The minimum Gasteiger partial charge on any atom is -0.465 e. The fourth-order valence-electron chi connectivity index (χ4n) is 2.40. The van der Waals surface area contributed by atoms with Gasteiger partial charge in [0.15, 0.2) is 5.82 Å². The van der Waals surface area contributed by atoms with E-state index >= 15 is 0 Å². The zero-order chi connectivity index (χ0) is 14.8. The number of nitrogens with zero attached hydrogens (tertiary/aromatic N) is 3. The average Bonchev–Trinajstić information content (AvgIpc) is 3.21. The lowest BCUT2D eigenvalue weighted by Gasteiger charge is -2.17. The van der Waals surface area contributed by atoms with E-state index in [9.17, 15) is 4.79 Å². The third-order valence-corrected chi connectivity index (χ3v) is 4.26. The first-order valence-electron chi connectivity index (χ1n) is 7.02. The van der Waals surface area contributed by atoms with Crippen LogP contribution < -0.4 is 0 Å². The van der Waals surface area contributed by atoms with Crippen LogP contribution in [0.2, 0.25) is 0 Å². The summed E-state index contributed by atoms with van der Waals surface area (Å²) in [6.07, 6.45) is 3.92. The van der Waals surface area contributed by atoms with E-state index in [2.05, 4.69) is 26.1 Å². The van der Waals surface area contributed by atoms with E-state index in [1.165, 1.54) is 0 Å². The van der Waals surface area contributed by atoms with E-state index in [-0.39, 0.29) is 5.97 Å². The summed E-state index contributed by atoms with van der Waals surface area (Å²) in [5.74, 6) is -0.189. The van der Waals surface area contributed by atoms with Crippen molar-refractivity contribution in [1.82, 2.24) is 14.8 Å². The molecule has 110 valence electrons. The molecule has 1 fully saturated rings. The first-order valence-corrected chi connectivity index (χ1v) is 7.82. The molecule has 6 heteroatoms. The molecule has 5 nitrogen and oxygen atoms in total. The van der Waals surface area contributed by atoms with Crippen molar-refractivity contribution < 1.29 is 9.53 Å². The molecule has 0 N–H and O–H groups in total. The van der Waals surface area contributed by atoms with Gasteiger partial charge < -0.3 is 9.30 Å². The highest BCUT2D eigenvalue weighted by molar-refractivity contribution is 9.10. The summed E-state index contributed by atoms with van der Waals surface area (Å²) in [6, 6.07) is 8.07. The molecule has 0 saturated heterocycles. The number of rotatable bonds is 5. The van der Waals surface area contributed by atoms with E-state index in [0.717, 1.165) is 22.9 Å². The van der Waals surface area contributed by atoms with Gasteiger partial charge in [-0.15, -0.1) is 10.2 Å². The molecule has 1 aliphatic rings. The first-order chi connectivity index (χ1) is 10.2. The Morgan fingerprint density at radius 2 is 2.24 bits per heavy atom. The molecule has 2 aromatic rings. The number of esters is 1. The summed E-state index contributed by atoms with van der Waals surface area (Å²) in [7, 11) is 0. The molecule has 1 aromatic carbocycles. The maximum absolute atomic E-state index is 12.5. The fourth-order valence-corrected chi connectivity index (χ4v) is 2.91. The highest BCUT2D eigenvalue weighted by atomic mass is 79.9. The van der Waals surface area contributed by atoms with E-state index < -0.39 is 5.92 Å². The van der Waals surface area contributed by atoms with Crippen molar-refractivity contribution in [3.63, 3.8) is 0 Å². The zero-order valence-electron chi connectivity index (χ0n) is 11.7. The molecule has 1 atom stereocenters. The molecule has 1 heterocycles. The van der Waals surface area contributed by atoms with Crippen LogP contribution in [0.1, 0.15) is 43.1 Å². The second-order valence-corrected chi connectivity index (χ2v) is 5.89. The summed E-state index contributed by atoms with van der Waals surface area (Å²) in [6.45, 7) is 2.15. The van der Waals surface area contributed by atoms with E-state index in [4.69, 9.17) is 4.74 Å². The number of aromatic nitrogens is 3. The number of benzene rings is 1. The van der Waals surface area contributed by atoms with Crippen LogP contribution >= 0.6 is 15.9 Å². The van der Waals surface area contributed by atoms with Crippen molar-refractivity contribution in [3.05, 3.63) is 46.5 Å². The number of hydrogen-bond donors (Lipinski definition) is 0. The third kappa shape index (κ3) is 2.85. The van der Waals surface area contributed by atoms with E-state index in [1.54, 1.807) is 13.3 Å². The Bertz CT molecular complexity index is 652. The number of hydrogen-bond acceptors (Lipinski definition) is 4. The summed E-state index contributed by atoms with van der Waals surface area (Å²) >= 11 is 3.51. The first kappa shape index (κ1) is 14.3. The van der Waals surface area contributed by atoms with Gasteiger partial charge in [-0.3, -0.25) is 4.79 Å². The monoisotopic (exact) mass is 349 g/mol. The molecule has 1 aliphatic carbocycles. The van der Waals surface area contributed by atoms with Gasteiger partial charge in [-0.1, -0.05) is 34.1 Å². The van der Waals surface area contributed by atoms with E-state index in [0.29, 0.717) is 18.5 Å². The van der Waals surface area contributed by atoms with Gasteiger partial charge in [-0.25, -0.2) is 0 Å². The Balaban J connectivity index is 2.06. The van der Waals surface area contributed by atoms with Crippen molar-refractivity contribution in [3.8, 4) is 0 Å². The van der Waals surface area contributed by atoms with E-state index in [1.807, 2.05) is 28.8 Å². The van der Waals surface area contributed by atoms with Crippen molar-refractivity contribution >= 4 is 21.9 Å². The number of carbonyl (C=O) groups excluding carboxylic acids is 1. The van der Waals surface area contributed by atoms with Gasteiger partial charge in [0.05, 0.1) is 6.61 Å². The molecule has 21 heavy (non-hydrogen) atoms. The summed E-state index contributed by atoms with van der Waals surface area (Å²) < 4.78 is 8.12. The predicted octanol–water partition coefficient (Wildman–Crippen LogP) is 3.07. The average molecular weight is 350 g/mol. The van der Waals surface area contributed by atoms with Gasteiger partial charge in [0.2, 0.25) is 0 Å². The number of ether oxygens (including phenoxy) is 1.